The number of benzene rings is 2. The van der Waals surface area contributed by atoms with E-state index in [1.165, 1.54) is 23.2 Å². The van der Waals surface area contributed by atoms with Gasteiger partial charge in [-0.3, -0.25) is 14.9 Å². The van der Waals surface area contributed by atoms with Crippen molar-refractivity contribution in [3.63, 3.8) is 0 Å². The van der Waals surface area contributed by atoms with Gasteiger partial charge in [0.1, 0.15) is 0 Å². The number of aliphatic hydroxyl groups excluding tert-OH is 1. The first-order valence-electron chi connectivity index (χ1n) is 9.66. The number of aromatic amines is 1. The van der Waals surface area contributed by atoms with Crippen LogP contribution < -0.4 is 10.2 Å². The summed E-state index contributed by atoms with van der Waals surface area (Å²) in [5.74, 6) is -2.07. The van der Waals surface area contributed by atoms with Crippen LogP contribution in [0.5, 0.6) is 0 Å². The van der Waals surface area contributed by atoms with E-state index < -0.39 is 24.0 Å². The van der Waals surface area contributed by atoms with Gasteiger partial charge in [-0.05, 0) is 49.2 Å². The van der Waals surface area contributed by atoms with Gasteiger partial charge in [0, 0.05) is 29.2 Å². The number of carbonyl (C=O) groups is 3. The van der Waals surface area contributed by atoms with E-state index in [4.69, 9.17) is 11.6 Å². The Balaban J connectivity index is 1.51. The van der Waals surface area contributed by atoms with Gasteiger partial charge in [-0.15, -0.1) is 0 Å². The minimum atomic E-state index is -1.63. The van der Waals surface area contributed by atoms with E-state index in [0.717, 1.165) is 5.56 Å². The van der Waals surface area contributed by atoms with E-state index in [2.05, 4.69) is 10.3 Å². The minimum Gasteiger partial charge on any atom is -0.478 e. The Kier molecular flexibility index (Phi) is 5.53. The largest absolute Gasteiger partial charge is 0.478 e. The molecule has 8 nitrogen and oxygen atoms in total. The number of fused-ring (bicyclic) bond motifs is 1. The topological polar surface area (TPSA) is 123 Å². The van der Waals surface area contributed by atoms with Crippen LogP contribution in [0.15, 0.2) is 42.6 Å². The zero-order valence-corrected chi connectivity index (χ0v) is 17.3. The number of halogens is 1. The van der Waals surface area contributed by atoms with Gasteiger partial charge in [-0.2, -0.15) is 0 Å². The highest BCUT2D eigenvalue weighted by Gasteiger charge is 2.36. The van der Waals surface area contributed by atoms with E-state index in [1.807, 2.05) is 13.0 Å². The summed E-state index contributed by atoms with van der Waals surface area (Å²) in [6, 6.07) is 8.99. The summed E-state index contributed by atoms with van der Waals surface area (Å²) in [7, 11) is 0. The Labute approximate surface area is 182 Å². The first-order valence-corrected chi connectivity index (χ1v) is 10.0. The third-order valence-corrected chi connectivity index (χ3v) is 5.70. The molecule has 0 radical (unpaired) electrons. The molecule has 0 aliphatic carbocycles. The van der Waals surface area contributed by atoms with Crippen molar-refractivity contribution in [2.45, 2.75) is 25.6 Å². The molecule has 2 aromatic carbocycles. The lowest BCUT2D eigenvalue weighted by molar-refractivity contribution is -0.119. The predicted octanol–water partition coefficient (Wildman–Crippen LogP) is 2.72. The SMILES string of the molecule is Cc1ccc(N2CCC(NC(O)C(=O)c3c[nH]c4ccc(C(=O)O)cc34)C2=O)c(Cl)c1. The summed E-state index contributed by atoms with van der Waals surface area (Å²) in [5.41, 5.74) is 2.29. The fourth-order valence-corrected chi connectivity index (χ4v) is 4.11. The smallest absolute Gasteiger partial charge is 0.335 e. The molecule has 3 aromatic rings. The second-order valence-electron chi connectivity index (χ2n) is 7.49. The van der Waals surface area contributed by atoms with Crippen LogP contribution in [0.1, 0.15) is 32.7 Å². The van der Waals surface area contributed by atoms with Gasteiger partial charge >= 0.3 is 5.97 Å². The number of carbonyl (C=O) groups excluding carboxylic acids is 2. The van der Waals surface area contributed by atoms with Crippen LogP contribution in [-0.4, -0.2) is 51.7 Å². The number of amides is 1. The predicted molar refractivity (Wildman–Crippen MR) is 116 cm³/mol. The number of hydrogen-bond donors (Lipinski definition) is 4. The number of aromatic carboxylic acids is 1. The molecule has 4 rings (SSSR count). The van der Waals surface area contributed by atoms with Crippen molar-refractivity contribution < 1.29 is 24.6 Å². The molecule has 2 heterocycles. The van der Waals surface area contributed by atoms with Crippen LogP contribution in [-0.2, 0) is 4.79 Å². The number of aliphatic hydroxyl groups is 1. The van der Waals surface area contributed by atoms with Gasteiger partial charge in [0.15, 0.2) is 6.23 Å². The summed E-state index contributed by atoms with van der Waals surface area (Å²) >= 11 is 6.27. The second kappa shape index (κ2) is 8.14. The highest BCUT2D eigenvalue weighted by molar-refractivity contribution is 6.34. The number of nitrogens with one attached hydrogen (secondary N) is 2. The molecule has 1 aliphatic rings. The van der Waals surface area contributed by atoms with Gasteiger partial charge in [0.25, 0.3) is 0 Å². The van der Waals surface area contributed by atoms with Crippen LogP contribution in [0.2, 0.25) is 5.02 Å². The number of nitrogens with zero attached hydrogens (tertiary/aromatic N) is 1. The second-order valence-corrected chi connectivity index (χ2v) is 7.89. The monoisotopic (exact) mass is 441 g/mol. The molecule has 1 saturated heterocycles. The molecule has 0 bridgehead atoms. The van der Waals surface area contributed by atoms with Crippen LogP contribution in [0.4, 0.5) is 5.69 Å². The molecule has 0 spiro atoms. The minimum absolute atomic E-state index is 0.0280. The van der Waals surface area contributed by atoms with Crippen molar-refractivity contribution in [1.29, 1.82) is 0 Å². The Morgan fingerprint density at radius 1 is 1.26 bits per heavy atom. The van der Waals surface area contributed by atoms with E-state index in [9.17, 15) is 24.6 Å². The number of rotatable bonds is 6. The van der Waals surface area contributed by atoms with Crippen molar-refractivity contribution in [3.05, 3.63) is 64.3 Å². The van der Waals surface area contributed by atoms with E-state index in [1.54, 1.807) is 18.2 Å². The molecule has 1 fully saturated rings. The number of Topliss-reactive ketones (excluding diaryl/α,β-unsaturated/α-hetero) is 1. The molecule has 0 saturated carbocycles. The summed E-state index contributed by atoms with van der Waals surface area (Å²) in [6.45, 7) is 2.30. The third-order valence-electron chi connectivity index (χ3n) is 5.40. The Hall–Kier alpha value is -3.20. The standard InChI is InChI=1S/C22H20ClN3O5/c1-11-2-5-18(15(23)8-11)26-7-6-17(21(26)29)25-20(28)19(27)14-10-24-16-4-3-12(22(30)31)9-13(14)16/h2-5,8-10,17,20,24-25,28H,6-7H2,1H3,(H,30,31). The number of anilines is 1. The molecule has 1 amide bonds. The molecule has 1 aromatic heterocycles. The van der Waals surface area contributed by atoms with Crippen LogP contribution in [0.25, 0.3) is 10.9 Å². The quantitative estimate of drug-likeness (QED) is 0.344. The van der Waals surface area contributed by atoms with Crippen molar-refractivity contribution in [1.82, 2.24) is 10.3 Å². The Morgan fingerprint density at radius 2 is 2.03 bits per heavy atom. The van der Waals surface area contributed by atoms with Gasteiger partial charge in [-0.25, -0.2) is 4.79 Å². The molecule has 9 heteroatoms. The van der Waals surface area contributed by atoms with E-state index in [-0.39, 0.29) is 17.0 Å². The van der Waals surface area contributed by atoms with E-state index >= 15 is 0 Å². The first-order chi connectivity index (χ1) is 14.8. The van der Waals surface area contributed by atoms with Crippen molar-refractivity contribution in [2.75, 3.05) is 11.4 Å². The van der Waals surface area contributed by atoms with Gasteiger partial charge in [-0.1, -0.05) is 17.7 Å². The fraction of sp³-hybridized carbons (Fsp3) is 0.227. The summed E-state index contributed by atoms with van der Waals surface area (Å²) < 4.78 is 0. The van der Waals surface area contributed by atoms with Crippen LogP contribution in [0.3, 0.4) is 0 Å². The molecular formula is C22H20ClN3O5. The highest BCUT2D eigenvalue weighted by Crippen LogP contribution is 2.30. The molecule has 1 aliphatic heterocycles. The molecular weight excluding hydrogens is 422 g/mol. The maximum Gasteiger partial charge on any atom is 0.335 e. The number of carboxylic acids is 1. The number of ketones is 1. The molecule has 4 N–H and O–H groups in total. The average Bonchev–Trinajstić information content (AvgIpc) is 3.31. The lowest BCUT2D eigenvalue weighted by Crippen LogP contribution is -2.47. The number of aryl methyl sites for hydroxylation is 1. The lowest BCUT2D eigenvalue weighted by Gasteiger charge is -2.20. The maximum atomic E-state index is 12.8. The van der Waals surface area contributed by atoms with Crippen LogP contribution in [0, 0.1) is 6.92 Å². The maximum absolute atomic E-state index is 12.8. The Bertz CT molecular complexity index is 1210. The molecule has 160 valence electrons. The van der Waals surface area contributed by atoms with Gasteiger partial charge < -0.3 is 20.1 Å². The average molecular weight is 442 g/mol. The first kappa shape index (κ1) is 21.0. The van der Waals surface area contributed by atoms with Crippen molar-refractivity contribution in [3.8, 4) is 0 Å². The van der Waals surface area contributed by atoms with Crippen LogP contribution >= 0.6 is 11.6 Å². The zero-order chi connectivity index (χ0) is 22.3. The number of hydrogen-bond acceptors (Lipinski definition) is 5. The van der Waals surface area contributed by atoms with Crippen molar-refractivity contribution in [2.24, 2.45) is 0 Å². The number of carboxylic acid groups (broad SMARTS) is 1. The normalized spacial score (nSPS) is 17.3. The molecule has 2 unspecified atom stereocenters. The zero-order valence-electron chi connectivity index (χ0n) is 16.6. The van der Waals surface area contributed by atoms with Gasteiger partial charge in [0.05, 0.1) is 22.3 Å². The van der Waals surface area contributed by atoms with Crippen molar-refractivity contribution >= 4 is 45.9 Å². The highest BCUT2D eigenvalue weighted by atomic mass is 35.5. The van der Waals surface area contributed by atoms with E-state index in [0.29, 0.717) is 34.6 Å². The fourth-order valence-electron chi connectivity index (χ4n) is 3.78. The van der Waals surface area contributed by atoms with Gasteiger partial charge in [0.2, 0.25) is 11.7 Å². The Morgan fingerprint density at radius 3 is 2.74 bits per heavy atom. The number of aromatic nitrogens is 1. The molecule has 2 atom stereocenters. The summed E-state index contributed by atoms with van der Waals surface area (Å²) in [6.07, 6.45) is 0.179. The lowest BCUT2D eigenvalue weighted by atomic mass is 10.1. The summed E-state index contributed by atoms with van der Waals surface area (Å²) in [4.78, 5) is 41.3. The molecule has 31 heavy (non-hydrogen) atoms. The number of H-pyrrole nitrogens is 1. The third kappa shape index (κ3) is 3.93. The summed E-state index contributed by atoms with van der Waals surface area (Å²) in [5, 5.41) is 23.2.